The van der Waals surface area contributed by atoms with E-state index in [2.05, 4.69) is 5.32 Å². The van der Waals surface area contributed by atoms with Gasteiger partial charge in [-0.25, -0.2) is 0 Å². The van der Waals surface area contributed by atoms with E-state index in [1.807, 2.05) is 54.6 Å². The Bertz CT molecular complexity index is 880. The molecule has 27 heavy (non-hydrogen) atoms. The van der Waals surface area contributed by atoms with E-state index in [4.69, 9.17) is 16.3 Å². The van der Waals surface area contributed by atoms with Crippen LogP contribution in [-0.2, 0) is 11.4 Å². The molecule has 5 heteroatoms. The number of amides is 1. The van der Waals surface area contributed by atoms with Crippen molar-refractivity contribution in [2.45, 2.75) is 38.3 Å². The monoisotopic (exact) mass is 380 g/mol. The second-order valence-electron chi connectivity index (χ2n) is 6.54. The Morgan fingerprint density at radius 1 is 1.19 bits per heavy atom. The van der Waals surface area contributed by atoms with Gasteiger partial charge < -0.3 is 10.1 Å². The number of para-hydroxylation sites is 1. The van der Waals surface area contributed by atoms with Crippen molar-refractivity contribution in [3.05, 3.63) is 70.3 Å². The quantitative estimate of drug-likeness (QED) is 0.573. The molecule has 1 saturated carbocycles. The molecule has 1 aliphatic carbocycles. The van der Waals surface area contributed by atoms with Gasteiger partial charge in [0, 0.05) is 22.2 Å². The number of rotatable bonds is 6. The molecule has 0 aromatic heterocycles. The minimum absolute atomic E-state index is 0.0793. The lowest BCUT2D eigenvalue weighted by Crippen LogP contribution is -2.33. The number of halogens is 1. The van der Waals surface area contributed by atoms with Gasteiger partial charge in [0.05, 0.1) is 0 Å². The van der Waals surface area contributed by atoms with E-state index in [0.29, 0.717) is 22.9 Å². The van der Waals surface area contributed by atoms with Crippen LogP contribution in [0.1, 0.15) is 36.8 Å². The Labute approximate surface area is 164 Å². The first-order chi connectivity index (χ1) is 13.2. The van der Waals surface area contributed by atoms with Gasteiger partial charge in [-0.3, -0.25) is 4.79 Å². The lowest BCUT2D eigenvalue weighted by Gasteiger charge is -2.12. The molecule has 1 aliphatic rings. The molecule has 1 N–H and O–H groups in total. The largest absolute Gasteiger partial charge is 0.488 e. The standard InChI is InChI=1S/C22H21ClN2O2/c23-20-11-5-1-8-17(20)15-27-21-12-6-2-7-16(21)13-18(14-24)22(26)25-19-9-3-4-10-19/h1-2,5-8,11-13,19H,3-4,9-10,15H2,(H,25,26)/b18-13+. The lowest BCUT2D eigenvalue weighted by atomic mass is 10.1. The fourth-order valence-electron chi connectivity index (χ4n) is 3.14. The highest BCUT2D eigenvalue weighted by molar-refractivity contribution is 6.31. The average molecular weight is 381 g/mol. The van der Waals surface area contributed by atoms with E-state index in [1.165, 1.54) is 0 Å². The van der Waals surface area contributed by atoms with Crippen molar-refractivity contribution in [3.63, 3.8) is 0 Å². The van der Waals surface area contributed by atoms with E-state index in [9.17, 15) is 10.1 Å². The smallest absolute Gasteiger partial charge is 0.262 e. The van der Waals surface area contributed by atoms with Gasteiger partial charge in [-0.1, -0.05) is 60.8 Å². The molecule has 0 radical (unpaired) electrons. The van der Waals surface area contributed by atoms with Crippen LogP contribution in [-0.4, -0.2) is 11.9 Å². The first-order valence-corrected chi connectivity index (χ1v) is 9.43. The third-order valence-electron chi connectivity index (χ3n) is 4.62. The molecule has 1 fully saturated rings. The summed E-state index contributed by atoms with van der Waals surface area (Å²) in [7, 11) is 0. The molecule has 2 aromatic carbocycles. The molecule has 0 unspecified atom stereocenters. The summed E-state index contributed by atoms with van der Waals surface area (Å²) in [6.45, 7) is 0.306. The molecule has 1 amide bonds. The van der Waals surface area contributed by atoms with Gasteiger partial charge in [-0.15, -0.1) is 0 Å². The molecule has 0 atom stereocenters. The van der Waals surface area contributed by atoms with Crippen molar-refractivity contribution in [3.8, 4) is 11.8 Å². The number of carbonyl (C=O) groups excluding carboxylic acids is 1. The van der Waals surface area contributed by atoms with Crippen molar-refractivity contribution in [2.75, 3.05) is 0 Å². The molecule has 3 rings (SSSR count). The molecule has 0 saturated heterocycles. The van der Waals surface area contributed by atoms with Crippen LogP contribution in [0, 0.1) is 11.3 Å². The topological polar surface area (TPSA) is 62.1 Å². The summed E-state index contributed by atoms with van der Waals surface area (Å²) in [5, 5.41) is 13.0. The van der Waals surface area contributed by atoms with Crippen molar-refractivity contribution in [1.82, 2.24) is 5.32 Å². The Morgan fingerprint density at radius 3 is 2.63 bits per heavy atom. The van der Waals surface area contributed by atoms with E-state index in [1.54, 1.807) is 6.08 Å². The fourth-order valence-corrected chi connectivity index (χ4v) is 3.33. The molecular formula is C22H21ClN2O2. The first-order valence-electron chi connectivity index (χ1n) is 9.05. The molecule has 2 aromatic rings. The third kappa shape index (κ3) is 5.12. The number of benzene rings is 2. The highest BCUT2D eigenvalue weighted by Crippen LogP contribution is 2.24. The third-order valence-corrected chi connectivity index (χ3v) is 4.98. The van der Waals surface area contributed by atoms with Gasteiger partial charge in [0.15, 0.2) is 0 Å². The Balaban J connectivity index is 1.75. The minimum Gasteiger partial charge on any atom is -0.488 e. The second kappa shape index (κ2) is 9.25. The molecule has 138 valence electrons. The van der Waals surface area contributed by atoms with Gasteiger partial charge in [-0.2, -0.15) is 5.26 Å². The average Bonchev–Trinajstić information content (AvgIpc) is 3.19. The van der Waals surface area contributed by atoms with Crippen LogP contribution in [0.5, 0.6) is 5.75 Å². The zero-order chi connectivity index (χ0) is 19.1. The number of hydrogen-bond acceptors (Lipinski definition) is 3. The van der Waals surface area contributed by atoms with E-state index < -0.39 is 0 Å². The lowest BCUT2D eigenvalue weighted by molar-refractivity contribution is -0.117. The summed E-state index contributed by atoms with van der Waals surface area (Å²) in [5.74, 6) is 0.268. The molecular weight excluding hydrogens is 360 g/mol. The molecule has 0 bridgehead atoms. The second-order valence-corrected chi connectivity index (χ2v) is 6.95. The summed E-state index contributed by atoms with van der Waals surface area (Å²) in [6.07, 6.45) is 5.76. The van der Waals surface area contributed by atoms with Crippen LogP contribution in [0.3, 0.4) is 0 Å². The fraction of sp³-hybridized carbons (Fsp3) is 0.273. The molecule has 4 nitrogen and oxygen atoms in total. The van der Waals surface area contributed by atoms with Gasteiger partial charge >= 0.3 is 0 Å². The Morgan fingerprint density at radius 2 is 1.89 bits per heavy atom. The maximum atomic E-state index is 12.4. The van der Waals surface area contributed by atoms with Gasteiger partial charge in [0.25, 0.3) is 5.91 Å². The van der Waals surface area contributed by atoms with Crippen LogP contribution in [0.2, 0.25) is 5.02 Å². The zero-order valence-corrected chi connectivity index (χ0v) is 15.7. The number of nitrogens with zero attached hydrogens (tertiary/aromatic N) is 1. The SMILES string of the molecule is N#C/C(=C\c1ccccc1OCc1ccccc1Cl)C(=O)NC1CCCC1. The van der Waals surface area contributed by atoms with Crippen LogP contribution >= 0.6 is 11.6 Å². The van der Waals surface area contributed by atoms with Crippen molar-refractivity contribution >= 4 is 23.6 Å². The Kier molecular flexibility index (Phi) is 6.51. The van der Waals surface area contributed by atoms with Crippen molar-refractivity contribution in [2.24, 2.45) is 0 Å². The van der Waals surface area contributed by atoms with Crippen LogP contribution in [0.25, 0.3) is 6.08 Å². The van der Waals surface area contributed by atoms with E-state index in [-0.39, 0.29) is 17.5 Å². The zero-order valence-electron chi connectivity index (χ0n) is 15.0. The van der Waals surface area contributed by atoms with E-state index >= 15 is 0 Å². The molecule has 0 heterocycles. The highest BCUT2D eigenvalue weighted by Gasteiger charge is 2.19. The van der Waals surface area contributed by atoms with Gasteiger partial charge in [0.1, 0.15) is 24.0 Å². The first kappa shape index (κ1) is 19.0. The van der Waals surface area contributed by atoms with Crippen molar-refractivity contribution < 1.29 is 9.53 Å². The maximum absolute atomic E-state index is 12.4. The maximum Gasteiger partial charge on any atom is 0.262 e. The van der Waals surface area contributed by atoms with Crippen LogP contribution in [0.4, 0.5) is 0 Å². The summed E-state index contributed by atoms with van der Waals surface area (Å²) >= 11 is 6.17. The summed E-state index contributed by atoms with van der Waals surface area (Å²) in [4.78, 5) is 12.4. The van der Waals surface area contributed by atoms with Crippen LogP contribution in [0.15, 0.2) is 54.1 Å². The predicted molar refractivity (Wildman–Crippen MR) is 106 cm³/mol. The van der Waals surface area contributed by atoms with Gasteiger partial charge in [0.2, 0.25) is 0 Å². The summed E-state index contributed by atoms with van der Waals surface area (Å²) < 4.78 is 5.89. The Hall–Kier alpha value is -2.77. The van der Waals surface area contributed by atoms with Gasteiger partial charge in [-0.05, 0) is 31.1 Å². The van der Waals surface area contributed by atoms with Crippen molar-refractivity contribution in [1.29, 1.82) is 5.26 Å². The minimum atomic E-state index is -0.328. The number of hydrogen-bond donors (Lipinski definition) is 1. The number of nitrogens with one attached hydrogen (secondary N) is 1. The molecule has 0 aliphatic heterocycles. The highest BCUT2D eigenvalue weighted by atomic mass is 35.5. The number of ether oxygens (including phenoxy) is 1. The van der Waals surface area contributed by atoms with E-state index in [0.717, 1.165) is 31.2 Å². The summed E-state index contributed by atoms with van der Waals surface area (Å²) in [5.41, 5.74) is 1.64. The predicted octanol–water partition coefficient (Wildman–Crippen LogP) is 4.88. The summed E-state index contributed by atoms with van der Waals surface area (Å²) in [6, 6.07) is 17.0. The number of carbonyl (C=O) groups is 1. The van der Waals surface area contributed by atoms with Crippen LogP contribution < -0.4 is 10.1 Å². The number of nitriles is 1. The molecule has 0 spiro atoms. The normalized spacial score (nSPS) is 14.6.